The Morgan fingerprint density at radius 1 is 1.58 bits per heavy atom. The molecule has 1 atom stereocenters. The summed E-state index contributed by atoms with van der Waals surface area (Å²) in [5.41, 5.74) is 5.36. The van der Waals surface area contributed by atoms with E-state index < -0.39 is 17.9 Å². The van der Waals surface area contributed by atoms with Gasteiger partial charge in [-0.2, -0.15) is 12.6 Å². The number of hydrogen-bond donors (Lipinski definition) is 4. The van der Waals surface area contributed by atoms with Crippen LogP contribution >= 0.6 is 12.6 Å². The van der Waals surface area contributed by atoms with Crippen LogP contribution < -0.4 is 11.1 Å². The van der Waals surface area contributed by atoms with Crippen LogP contribution in [0.1, 0.15) is 6.42 Å². The van der Waals surface area contributed by atoms with E-state index in [-0.39, 0.29) is 6.54 Å². The maximum Gasteiger partial charge on any atom is 0.322 e. The Hall–Kier alpha value is -0.750. The van der Waals surface area contributed by atoms with E-state index in [0.717, 1.165) is 0 Å². The van der Waals surface area contributed by atoms with E-state index in [4.69, 9.17) is 10.8 Å². The van der Waals surface area contributed by atoms with Gasteiger partial charge in [-0.15, -0.1) is 0 Å². The van der Waals surface area contributed by atoms with Crippen LogP contribution in [-0.2, 0) is 9.59 Å². The predicted octanol–water partition coefficient (Wildman–Crippen LogP) is -1.17. The third kappa shape index (κ3) is 4.97. The number of carbonyl (C=O) groups excluding carboxylic acids is 1. The molecular weight excluding hydrogens is 180 g/mol. The van der Waals surface area contributed by atoms with Crippen molar-refractivity contribution in [1.82, 2.24) is 5.32 Å². The average Bonchev–Trinajstić information content (AvgIpc) is 2.00. The molecule has 0 saturated carbocycles. The van der Waals surface area contributed by atoms with Crippen LogP contribution in [0.4, 0.5) is 0 Å². The lowest BCUT2D eigenvalue weighted by atomic mass is 10.2. The maximum atomic E-state index is 10.9. The minimum absolute atomic E-state index is 0.390. The Balaban J connectivity index is 3.64. The highest BCUT2D eigenvalue weighted by Crippen LogP contribution is 1.89. The Kier molecular flexibility index (Phi) is 5.48. The highest BCUT2D eigenvalue weighted by Gasteiger charge is 2.12. The van der Waals surface area contributed by atoms with Crippen molar-refractivity contribution in [2.75, 3.05) is 12.3 Å². The van der Waals surface area contributed by atoms with Crippen molar-refractivity contribution in [3.8, 4) is 0 Å². The minimum atomic E-state index is -1.08. The summed E-state index contributed by atoms with van der Waals surface area (Å²) in [5, 5.41) is 10.4. The van der Waals surface area contributed by atoms with Gasteiger partial charge in [-0.05, 0) is 12.2 Å². The Labute approximate surface area is 75.7 Å². The van der Waals surface area contributed by atoms with Crippen LogP contribution in [0.15, 0.2) is 0 Å². The largest absolute Gasteiger partial charge is 0.480 e. The number of nitrogens with one attached hydrogen (secondary N) is 1. The van der Waals surface area contributed by atoms with E-state index in [1.54, 1.807) is 0 Å². The lowest BCUT2D eigenvalue weighted by Crippen LogP contribution is -2.42. The number of rotatable bonds is 5. The van der Waals surface area contributed by atoms with E-state index >= 15 is 0 Å². The van der Waals surface area contributed by atoms with Gasteiger partial charge in [-0.3, -0.25) is 9.59 Å². The van der Waals surface area contributed by atoms with Gasteiger partial charge < -0.3 is 16.2 Å². The molecule has 5 nitrogen and oxygen atoms in total. The molecule has 12 heavy (non-hydrogen) atoms. The zero-order valence-corrected chi connectivity index (χ0v) is 7.38. The maximum absolute atomic E-state index is 10.9. The summed E-state index contributed by atoms with van der Waals surface area (Å²) in [6.45, 7) is -0.390. The number of amides is 1. The minimum Gasteiger partial charge on any atom is -0.480 e. The highest BCUT2D eigenvalue weighted by molar-refractivity contribution is 7.80. The first-order chi connectivity index (χ1) is 5.57. The van der Waals surface area contributed by atoms with Gasteiger partial charge in [0, 0.05) is 0 Å². The lowest BCUT2D eigenvalue weighted by Gasteiger charge is -2.08. The first-order valence-corrected chi connectivity index (χ1v) is 4.07. The molecular formula is C6H12N2O3S. The van der Waals surface area contributed by atoms with Crippen molar-refractivity contribution < 1.29 is 14.7 Å². The van der Waals surface area contributed by atoms with Crippen molar-refractivity contribution in [3.63, 3.8) is 0 Å². The van der Waals surface area contributed by atoms with Gasteiger partial charge in [-0.25, -0.2) is 0 Å². The molecule has 0 heterocycles. The molecule has 0 aromatic rings. The van der Waals surface area contributed by atoms with Crippen LogP contribution in [0.3, 0.4) is 0 Å². The molecule has 0 saturated heterocycles. The zero-order chi connectivity index (χ0) is 9.56. The molecule has 1 amide bonds. The number of carboxylic acid groups (broad SMARTS) is 1. The lowest BCUT2D eigenvalue weighted by molar-refractivity contribution is -0.138. The molecule has 70 valence electrons. The fourth-order valence-electron chi connectivity index (χ4n) is 0.564. The normalized spacial score (nSPS) is 12.2. The van der Waals surface area contributed by atoms with E-state index in [1.807, 2.05) is 0 Å². The van der Waals surface area contributed by atoms with Gasteiger partial charge in [-0.1, -0.05) is 0 Å². The smallest absolute Gasteiger partial charge is 0.322 e. The van der Waals surface area contributed by atoms with Gasteiger partial charge in [0.1, 0.15) is 6.54 Å². The van der Waals surface area contributed by atoms with Gasteiger partial charge in [0.2, 0.25) is 5.91 Å². The first-order valence-electron chi connectivity index (χ1n) is 3.44. The van der Waals surface area contributed by atoms with Gasteiger partial charge in [0.25, 0.3) is 0 Å². The summed E-state index contributed by atoms with van der Waals surface area (Å²) < 4.78 is 0. The highest BCUT2D eigenvalue weighted by atomic mass is 32.1. The molecule has 1 unspecified atom stereocenters. The van der Waals surface area contributed by atoms with Crippen molar-refractivity contribution in [2.45, 2.75) is 12.5 Å². The van der Waals surface area contributed by atoms with E-state index in [0.29, 0.717) is 12.2 Å². The zero-order valence-electron chi connectivity index (χ0n) is 6.49. The Bertz CT molecular complexity index is 174. The summed E-state index contributed by atoms with van der Waals surface area (Å²) in [6.07, 6.45) is 0.439. The summed E-state index contributed by atoms with van der Waals surface area (Å²) in [5.74, 6) is -1.03. The monoisotopic (exact) mass is 192 g/mol. The second kappa shape index (κ2) is 5.84. The number of thiol groups is 1. The number of nitrogens with two attached hydrogens (primary N) is 1. The molecule has 0 aliphatic carbocycles. The SMILES string of the molecule is NC(CCS)C(=O)NCC(=O)O. The fraction of sp³-hybridized carbons (Fsp3) is 0.667. The standard InChI is InChI=1S/C6H12N2O3S/c7-4(1-2-12)6(11)8-3-5(9)10/h4,12H,1-3,7H2,(H,8,11)(H,9,10). The van der Waals surface area contributed by atoms with E-state index in [1.165, 1.54) is 0 Å². The van der Waals surface area contributed by atoms with Crippen molar-refractivity contribution >= 4 is 24.5 Å². The van der Waals surface area contributed by atoms with Crippen molar-refractivity contribution in [3.05, 3.63) is 0 Å². The van der Waals surface area contributed by atoms with Crippen LogP contribution in [0.5, 0.6) is 0 Å². The molecule has 0 aromatic carbocycles. The molecule has 0 radical (unpaired) electrons. The van der Waals surface area contributed by atoms with Crippen LogP contribution in [-0.4, -0.2) is 35.3 Å². The Morgan fingerprint density at radius 2 is 2.17 bits per heavy atom. The number of carboxylic acids is 1. The van der Waals surface area contributed by atoms with Gasteiger partial charge >= 0.3 is 5.97 Å². The summed E-state index contributed by atoms with van der Waals surface area (Å²) in [7, 11) is 0. The molecule has 6 heteroatoms. The predicted molar refractivity (Wildman–Crippen MR) is 47.1 cm³/mol. The molecule has 0 rings (SSSR count). The molecule has 0 spiro atoms. The van der Waals surface area contributed by atoms with Crippen LogP contribution in [0.2, 0.25) is 0 Å². The third-order valence-corrected chi connectivity index (χ3v) is 1.45. The van der Waals surface area contributed by atoms with Crippen LogP contribution in [0, 0.1) is 0 Å². The second-order valence-corrected chi connectivity index (χ2v) is 2.68. The third-order valence-electron chi connectivity index (χ3n) is 1.19. The van der Waals surface area contributed by atoms with E-state index in [2.05, 4.69) is 17.9 Å². The number of hydrogen-bond acceptors (Lipinski definition) is 4. The quantitative estimate of drug-likeness (QED) is 0.413. The van der Waals surface area contributed by atoms with Gasteiger partial charge in [0.15, 0.2) is 0 Å². The number of aliphatic carboxylic acids is 1. The average molecular weight is 192 g/mol. The molecule has 0 aliphatic rings. The van der Waals surface area contributed by atoms with E-state index in [9.17, 15) is 9.59 Å². The summed E-state index contributed by atoms with van der Waals surface area (Å²) in [6, 6.07) is -0.665. The topological polar surface area (TPSA) is 92.4 Å². The summed E-state index contributed by atoms with van der Waals surface area (Å²) >= 11 is 3.89. The van der Waals surface area contributed by atoms with Crippen LogP contribution in [0.25, 0.3) is 0 Å². The van der Waals surface area contributed by atoms with Gasteiger partial charge in [0.05, 0.1) is 6.04 Å². The Morgan fingerprint density at radius 3 is 2.58 bits per heavy atom. The number of carbonyl (C=O) groups is 2. The fourth-order valence-corrected chi connectivity index (χ4v) is 0.842. The second-order valence-electron chi connectivity index (χ2n) is 2.23. The molecule has 0 fully saturated rings. The van der Waals surface area contributed by atoms with Crippen molar-refractivity contribution in [2.24, 2.45) is 5.73 Å². The molecule has 4 N–H and O–H groups in total. The first kappa shape index (κ1) is 11.2. The van der Waals surface area contributed by atoms with Crippen molar-refractivity contribution in [1.29, 1.82) is 0 Å². The summed E-state index contributed by atoms with van der Waals surface area (Å²) in [4.78, 5) is 20.9. The molecule has 0 bridgehead atoms. The molecule has 0 aliphatic heterocycles. The molecule has 0 aromatic heterocycles.